The van der Waals surface area contributed by atoms with E-state index in [1.165, 1.54) is 27.9 Å². The number of hydrogen-bond acceptors (Lipinski definition) is 1. The van der Waals surface area contributed by atoms with Crippen LogP contribution in [0.2, 0.25) is 0 Å². The van der Waals surface area contributed by atoms with Gasteiger partial charge in [-0.1, -0.05) is 53.6 Å². The molecule has 0 radical (unpaired) electrons. The number of anilines is 1. The Morgan fingerprint density at radius 3 is 1.81 bits per heavy atom. The molecule has 0 aromatic heterocycles. The van der Waals surface area contributed by atoms with Crippen molar-refractivity contribution in [1.29, 1.82) is 0 Å². The molecule has 2 aromatic rings. The minimum absolute atomic E-state index is 1.05. The van der Waals surface area contributed by atoms with Crippen LogP contribution in [-0.2, 0) is 0 Å². The summed E-state index contributed by atoms with van der Waals surface area (Å²) in [5.74, 6) is 0. The van der Waals surface area contributed by atoms with Crippen LogP contribution in [-0.4, -0.2) is 13.1 Å². The second-order valence-electron chi connectivity index (χ2n) is 5.52. The van der Waals surface area contributed by atoms with Crippen molar-refractivity contribution in [3.8, 4) is 0 Å². The molecule has 0 aliphatic heterocycles. The van der Waals surface area contributed by atoms with Gasteiger partial charge in [0.1, 0.15) is 0 Å². The molecule has 1 heteroatoms. The van der Waals surface area contributed by atoms with Crippen molar-refractivity contribution in [2.45, 2.75) is 27.7 Å². The van der Waals surface area contributed by atoms with Gasteiger partial charge in [0.2, 0.25) is 0 Å². The number of rotatable bonds is 5. The van der Waals surface area contributed by atoms with Gasteiger partial charge < -0.3 is 4.90 Å². The minimum atomic E-state index is 1.05. The van der Waals surface area contributed by atoms with E-state index in [2.05, 4.69) is 87.2 Å². The summed E-state index contributed by atoms with van der Waals surface area (Å²) in [5.41, 5.74) is 6.42. The molecular formula is C20H25N. The van der Waals surface area contributed by atoms with Gasteiger partial charge in [-0.05, 0) is 51.0 Å². The Bertz CT molecular complexity index is 584. The Morgan fingerprint density at radius 2 is 1.29 bits per heavy atom. The van der Waals surface area contributed by atoms with Gasteiger partial charge >= 0.3 is 0 Å². The zero-order valence-electron chi connectivity index (χ0n) is 13.6. The summed E-state index contributed by atoms with van der Waals surface area (Å²) < 4.78 is 0. The minimum Gasteiger partial charge on any atom is -0.372 e. The van der Waals surface area contributed by atoms with Crippen LogP contribution >= 0.6 is 0 Å². The standard InChI is InChI=1S/C20H25N/c1-5-21(6-2)20-11-9-18(10-12-20)7-8-19-14-16(3)13-17(4)15-19/h7-15H,5-6H2,1-4H3/b8-7+. The van der Waals surface area contributed by atoms with Crippen molar-refractivity contribution in [2.75, 3.05) is 18.0 Å². The van der Waals surface area contributed by atoms with Crippen LogP contribution < -0.4 is 4.90 Å². The molecule has 0 heterocycles. The summed E-state index contributed by atoms with van der Waals surface area (Å²) in [4.78, 5) is 2.36. The SMILES string of the molecule is CCN(CC)c1ccc(/C=C/c2cc(C)cc(C)c2)cc1. The average Bonchev–Trinajstić information content (AvgIpc) is 2.47. The fourth-order valence-corrected chi connectivity index (χ4v) is 2.68. The quantitative estimate of drug-likeness (QED) is 0.669. The van der Waals surface area contributed by atoms with E-state index in [9.17, 15) is 0 Å². The molecular weight excluding hydrogens is 254 g/mol. The van der Waals surface area contributed by atoms with Crippen LogP contribution in [0.1, 0.15) is 36.1 Å². The van der Waals surface area contributed by atoms with Gasteiger partial charge in [0.05, 0.1) is 0 Å². The highest BCUT2D eigenvalue weighted by atomic mass is 15.1. The first-order chi connectivity index (χ1) is 10.1. The van der Waals surface area contributed by atoms with Crippen molar-refractivity contribution >= 4 is 17.8 Å². The van der Waals surface area contributed by atoms with Gasteiger partial charge in [0.15, 0.2) is 0 Å². The maximum atomic E-state index is 2.36. The summed E-state index contributed by atoms with van der Waals surface area (Å²) in [5, 5.41) is 0. The van der Waals surface area contributed by atoms with E-state index in [0.29, 0.717) is 0 Å². The topological polar surface area (TPSA) is 3.24 Å². The van der Waals surface area contributed by atoms with Crippen LogP contribution in [0.3, 0.4) is 0 Å². The number of hydrogen-bond donors (Lipinski definition) is 0. The Labute approximate surface area is 128 Å². The van der Waals surface area contributed by atoms with Gasteiger partial charge in [-0.25, -0.2) is 0 Å². The highest BCUT2D eigenvalue weighted by Gasteiger charge is 2.00. The largest absolute Gasteiger partial charge is 0.372 e. The molecule has 0 aliphatic carbocycles. The average molecular weight is 279 g/mol. The third-order valence-electron chi connectivity index (χ3n) is 3.73. The Hall–Kier alpha value is -2.02. The van der Waals surface area contributed by atoms with E-state index in [4.69, 9.17) is 0 Å². The lowest BCUT2D eigenvalue weighted by molar-refractivity contribution is 0.866. The Morgan fingerprint density at radius 1 is 0.762 bits per heavy atom. The van der Waals surface area contributed by atoms with Crippen molar-refractivity contribution in [3.05, 3.63) is 64.7 Å². The van der Waals surface area contributed by atoms with E-state index in [1.54, 1.807) is 0 Å². The molecule has 0 unspecified atom stereocenters. The third-order valence-corrected chi connectivity index (χ3v) is 3.73. The monoisotopic (exact) mass is 279 g/mol. The number of benzene rings is 2. The fraction of sp³-hybridized carbons (Fsp3) is 0.300. The maximum Gasteiger partial charge on any atom is 0.0366 e. The first-order valence-corrected chi connectivity index (χ1v) is 7.73. The fourth-order valence-electron chi connectivity index (χ4n) is 2.68. The van der Waals surface area contributed by atoms with E-state index in [-0.39, 0.29) is 0 Å². The molecule has 0 aliphatic rings. The first kappa shape index (κ1) is 15.4. The molecule has 2 rings (SSSR count). The molecule has 2 aromatic carbocycles. The van der Waals surface area contributed by atoms with Crippen LogP contribution in [0.15, 0.2) is 42.5 Å². The molecule has 0 spiro atoms. The van der Waals surface area contributed by atoms with Gasteiger partial charge in [-0.3, -0.25) is 0 Å². The van der Waals surface area contributed by atoms with E-state index in [0.717, 1.165) is 13.1 Å². The molecule has 0 saturated carbocycles. The molecule has 0 atom stereocenters. The predicted octanol–water partition coefficient (Wildman–Crippen LogP) is 5.32. The van der Waals surface area contributed by atoms with Gasteiger partial charge in [0.25, 0.3) is 0 Å². The third kappa shape index (κ3) is 4.22. The van der Waals surface area contributed by atoms with E-state index >= 15 is 0 Å². The normalized spacial score (nSPS) is 11.0. The second kappa shape index (κ2) is 7.12. The zero-order chi connectivity index (χ0) is 15.2. The van der Waals surface area contributed by atoms with Crippen LogP contribution in [0.25, 0.3) is 12.2 Å². The molecule has 21 heavy (non-hydrogen) atoms. The highest BCUT2D eigenvalue weighted by Crippen LogP contribution is 2.17. The molecule has 0 N–H and O–H groups in total. The van der Waals surface area contributed by atoms with E-state index < -0.39 is 0 Å². The second-order valence-corrected chi connectivity index (χ2v) is 5.52. The molecule has 1 nitrogen and oxygen atoms in total. The Balaban J connectivity index is 2.14. The lowest BCUT2D eigenvalue weighted by atomic mass is 10.1. The highest BCUT2D eigenvalue weighted by molar-refractivity contribution is 5.71. The maximum absolute atomic E-state index is 2.36. The van der Waals surface area contributed by atoms with Gasteiger partial charge in [-0.2, -0.15) is 0 Å². The smallest absolute Gasteiger partial charge is 0.0366 e. The lowest BCUT2D eigenvalue weighted by Crippen LogP contribution is -2.21. The van der Waals surface area contributed by atoms with Gasteiger partial charge in [0, 0.05) is 18.8 Å². The molecule has 0 amide bonds. The van der Waals surface area contributed by atoms with Crippen molar-refractivity contribution in [2.24, 2.45) is 0 Å². The van der Waals surface area contributed by atoms with Crippen molar-refractivity contribution in [3.63, 3.8) is 0 Å². The van der Waals surface area contributed by atoms with Crippen molar-refractivity contribution < 1.29 is 0 Å². The lowest BCUT2D eigenvalue weighted by Gasteiger charge is -2.20. The van der Waals surface area contributed by atoms with Crippen LogP contribution in [0, 0.1) is 13.8 Å². The number of aryl methyl sites for hydroxylation is 2. The molecule has 0 saturated heterocycles. The predicted molar refractivity (Wildman–Crippen MR) is 94.8 cm³/mol. The molecule has 110 valence electrons. The summed E-state index contributed by atoms with van der Waals surface area (Å²) in [7, 11) is 0. The van der Waals surface area contributed by atoms with Crippen LogP contribution in [0.4, 0.5) is 5.69 Å². The van der Waals surface area contributed by atoms with Gasteiger partial charge in [-0.15, -0.1) is 0 Å². The molecule has 0 fully saturated rings. The summed E-state index contributed by atoms with van der Waals surface area (Å²) in [6, 6.07) is 15.4. The van der Waals surface area contributed by atoms with Crippen molar-refractivity contribution in [1.82, 2.24) is 0 Å². The molecule has 0 bridgehead atoms. The summed E-state index contributed by atoms with van der Waals surface area (Å²) in [6.45, 7) is 10.8. The van der Waals surface area contributed by atoms with Crippen LogP contribution in [0.5, 0.6) is 0 Å². The Kier molecular flexibility index (Phi) is 5.21. The first-order valence-electron chi connectivity index (χ1n) is 7.73. The summed E-state index contributed by atoms with van der Waals surface area (Å²) in [6.07, 6.45) is 4.37. The summed E-state index contributed by atoms with van der Waals surface area (Å²) >= 11 is 0. The number of nitrogens with zero attached hydrogens (tertiary/aromatic N) is 1. The zero-order valence-corrected chi connectivity index (χ0v) is 13.6. The van der Waals surface area contributed by atoms with E-state index in [1.807, 2.05) is 0 Å².